The molecule has 0 radical (unpaired) electrons. The number of rotatable bonds is 3. The van der Waals surface area contributed by atoms with Crippen LogP contribution in [0.25, 0.3) is 11.0 Å². The number of pyridine rings is 1. The monoisotopic (exact) mass is 271 g/mol. The maximum absolute atomic E-state index is 4.48. The molecule has 0 saturated carbocycles. The lowest BCUT2D eigenvalue weighted by Crippen LogP contribution is -2.24. The van der Waals surface area contributed by atoms with E-state index in [1.54, 1.807) is 0 Å². The minimum absolute atomic E-state index is 0.520. The molecule has 0 atom stereocenters. The Morgan fingerprint density at radius 1 is 1.20 bits per heavy atom. The Hall–Kier alpha value is -1.35. The van der Waals surface area contributed by atoms with Gasteiger partial charge in [0, 0.05) is 23.8 Å². The molecule has 3 rings (SSSR count). The summed E-state index contributed by atoms with van der Waals surface area (Å²) >= 11 is 0. The standard InChI is InChI=1S/C17H25N3/c1-13(2)16-15(12-20-10-5-3-4-6-11-20)14-8-7-9-18-17(14)19-16/h7-9,13H,3-6,10-12H2,1-2H3,(H,18,19). The van der Waals surface area contributed by atoms with Gasteiger partial charge in [0.05, 0.1) is 0 Å². The number of fused-ring (bicyclic) bond motifs is 1. The summed E-state index contributed by atoms with van der Waals surface area (Å²) in [5.74, 6) is 0.520. The lowest BCUT2D eigenvalue weighted by Gasteiger charge is -2.21. The van der Waals surface area contributed by atoms with Gasteiger partial charge in [-0.2, -0.15) is 0 Å². The summed E-state index contributed by atoms with van der Waals surface area (Å²) in [4.78, 5) is 10.6. The summed E-state index contributed by atoms with van der Waals surface area (Å²) in [6.07, 6.45) is 7.35. The van der Waals surface area contributed by atoms with Gasteiger partial charge in [-0.3, -0.25) is 4.90 Å². The molecule has 1 aliphatic rings. The third kappa shape index (κ3) is 2.73. The molecule has 1 fully saturated rings. The molecule has 0 aliphatic carbocycles. The first-order valence-corrected chi connectivity index (χ1v) is 7.93. The van der Waals surface area contributed by atoms with Crippen LogP contribution in [0.1, 0.15) is 56.7 Å². The Labute approximate surface area is 121 Å². The molecule has 3 heterocycles. The molecule has 3 heteroatoms. The van der Waals surface area contributed by atoms with Crippen LogP contribution in [0.5, 0.6) is 0 Å². The number of nitrogens with zero attached hydrogens (tertiary/aromatic N) is 2. The van der Waals surface area contributed by atoms with Gasteiger partial charge < -0.3 is 4.98 Å². The maximum atomic E-state index is 4.48. The average molecular weight is 271 g/mol. The first-order valence-electron chi connectivity index (χ1n) is 7.93. The van der Waals surface area contributed by atoms with E-state index in [-0.39, 0.29) is 0 Å². The van der Waals surface area contributed by atoms with E-state index in [1.165, 1.54) is 55.4 Å². The predicted molar refractivity (Wildman–Crippen MR) is 83.9 cm³/mol. The first kappa shape index (κ1) is 13.6. The summed E-state index contributed by atoms with van der Waals surface area (Å²) in [7, 11) is 0. The first-order chi connectivity index (χ1) is 9.75. The lowest BCUT2D eigenvalue weighted by atomic mass is 10.0. The van der Waals surface area contributed by atoms with Crippen molar-refractivity contribution in [2.45, 2.75) is 52.0 Å². The fourth-order valence-electron chi connectivity index (χ4n) is 3.28. The molecule has 1 aliphatic heterocycles. The molecule has 0 amide bonds. The van der Waals surface area contributed by atoms with Crippen LogP contribution < -0.4 is 0 Å². The van der Waals surface area contributed by atoms with E-state index in [0.29, 0.717) is 5.92 Å². The molecule has 3 nitrogen and oxygen atoms in total. The third-order valence-corrected chi connectivity index (χ3v) is 4.37. The topological polar surface area (TPSA) is 31.9 Å². The molecule has 0 aromatic carbocycles. The van der Waals surface area contributed by atoms with Crippen LogP contribution in [0.2, 0.25) is 0 Å². The molecular weight excluding hydrogens is 246 g/mol. The molecule has 1 saturated heterocycles. The van der Waals surface area contributed by atoms with Crippen molar-refractivity contribution in [2.24, 2.45) is 0 Å². The summed E-state index contributed by atoms with van der Waals surface area (Å²) in [5, 5.41) is 1.31. The van der Waals surface area contributed by atoms with Gasteiger partial charge in [0.1, 0.15) is 5.65 Å². The largest absolute Gasteiger partial charge is 0.343 e. The quantitative estimate of drug-likeness (QED) is 0.912. The Bertz CT molecular complexity index is 563. The van der Waals surface area contributed by atoms with Gasteiger partial charge in [0.2, 0.25) is 0 Å². The lowest BCUT2D eigenvalue weighted by molar-refractivity contribution is 0.277. The summed E-state index contributed by atoms with van der Waals surface area (Å²) in [6, 6.07) is 4.25. The zero-order valence-corrected chi connectivity index (χ0v) is 12.7. The minimum atomic E-state index is 0.520. The van der Waals surface area contributed by atoms with Gasteiger partial charge in [-0.15, -0.1) is 0 Å². The SMILES string of the molecule is CC(C)c1[nH]c2ncccc2c1CN1CCCCCC1. The summed E-state index contributed by atoms with van der Waals surface area (Å²) in [6.45, 7) is 8.07. The summed E-state index contributed by atoms with van der Waals surface area (Å²) < 4.78 is 0. The Morgan fingerprint density at radius 3 is 2.65 bits per heavy atom. The number of hydrogen-bond acceptors (Lipinski definition) is 2. The Morgan fingerprint density at radius 2 is 1.95 bits per heavy atom. The summed E-state index contributed by atoms with van der Waals surface area (Å²) in [5.41, 5.74) is 3.87. The van der Waals surface area contributed by atoms with Gasteiger partial charge in [-0.25, -0.2) is 4.98 Å². The van der Waals surface area contributed by atoms with E-state index >= 15 is 0 Å². The number of H-pyrrole nitrogens is 1. The van der Waals surface area contributed by atoms with E-state index in [2.05, 4.69) is 34.8 Å². The van der Waals surface area contributed by atoms with Gasteiger partial charge in [0.15, 0.2) is 0 Å². The van der Waals surface area contributed by atoms with Gasteiger partial charge in [-0.1, -0.05) is 26.7 Å². The van der Waals surface area contributed by atoms with Crippen LogP contribution in [-0.2, 0) is 6.54 Å². The van der Waals surface area contributed by atoms with Crippen molar-refractivity contribution in [1.82, 2.24) is 14.9 Å². The second-order valence-electron chi connectivity index (χ2n) is 6.26. The zero-order valence-electron chi connectivity index (χ0n) is 12.7. The van der Waals surface area contributed by atoms with E-state index in [0.717, 1.165) is 12.2 Å². The van der Waals surface area contributed by atoms with E-state index in [9.17, 15) is 0 Å². The third-order valence-electron chi connectivity index (χ3n) is 4.37. The normalized spacial score (nSPS) is 17.8. The van der Waals surface area contributed by atoms with Gasteiger partial charge >= 0.3 is 0 Å². The molecule has 108 valence electrons. The molecule has 0 spiro atoms. The highest BCUT2D eigenvalue weighted by molar-refractivity contribution is 5.81. The van der Waals surface area contributed by atoms with Crippen LogP contribution in [0.15, 0.2) is 18.3 Å². The molecule has 20 heavy (non-hydrogen) atoms. The molecule has 2 aromatic heterocycles. The fraction of sp³-hybridized carbons (Fsp3) is 0.588. The van der Waals surface area contributed by atoms with Crippen molar-refractivity contribution in [2.75, 3.05) is 13.1 Å². The smallest absolute Gasteiger partial charge is 0.137 e. The van der Waals surface area contributed by atoms with E-state index in [4.69, 9.17) is 0 Å². The fourth-order valence-corrected chi connectivity index (χ4v) is 3.28. The highest BCUT2D eigenvalue weighted by Gasteiger charge is 2.18. The van der Waals surface area contributed by atoms with Crippen LogP contribution >= 0.6 is 0 Å². The molecular formula is C17H25N3. The van der Waals surface area contributed by atoms with Crippen LogP contribution in [0.4, 0.5) is 0 Å². The van der Waals surface area contributed by atoms with Gasteiger partial charge in [-0.05, 0) is 49.5 Å². The number of aromatic nitrogens is 2. The van der Waals surface area contributed by atoms with Crippen LogP contribution in [-0.4, -0.2) is 28.0 Å². The number of hydrogen-bond donors (Lipinski definition) is 1. The van der Waals surface area contributed by atoms with Crippen molar-refractivity contribution in [1.29, 1.82) is 0 Å². The van der Waals surface area contributed by atoms with E-state index < -0.39 is 0 Å². The number of aromatic amines is 1. The minimum Gasteiger partial charge on any atom is -0.343 e. The Kier molecular flexibility index (Phi) is 4.06. The number of likely N-dealkylation sites (tertiary alicyclic amines) is 1. The highest BCUT2D eigenvalue weighted by atomic mass is 15.1. The molecule has 2 aromatic rings. The van der Waals surface area contributed by atoms with Crippen LogP contribution in [0, 0.1) is 0 Å². The highest BCUT2D eigenvalue weighted by Crippen LogP contribution is 2.28. The average Bonchev–Trinajstić information content (AvgIpc) is 2.62. The molecule has 0 bridgehead atoms. The van der Waals surface area contributed by atoms with Crippen LogP contribution in [0.3, 0.4) is 0 Å². The van der Waals surface area contributed by atoms with E-state index in [1.807, 2.05) is 12.3 Å². The molecule has 0 unspecified atom stereocenters. The van der Waals surface area contributed by atoms with Crippen molar-refractivity contribution < 1.29 is 0 Å². The van der Waals surface area contributed by atoms with Crippen molar-refractivity contribution in [3.05, 3.63) is 29.6 Å². The van der Waals surface area contributed by atoms with Gasteiger partial charge in [0.25, 0.3) is 0 Å². The Balaban J connectivity index is 1.93. The second kappa shape index (κ2) is 5.96. The molecule has 1 N–H and O–H groups in total. The second-order valence-corrected chi connectivity index (χ2v) is 6.26. The maximum Gasteiger partial charge on any atom is 0.137 e. The predicted octanol–water partition coefficient (Wildman–Crippen LogP) is 4.06. The van der Waals surface area contributed by atoms with Crippen molar-refractivity contribution in [3.8, 4) is 0 Å². The van der Waals surface area contributed by atoms with Crippen molar-refractivity contribution >= 4 is 11.0 Å². The number of nitrogens with one attached hydrogen (secondary N) is 1. The van der Waals surface area contributed by atoms with Crippen molar-refractivity contribution in [3.63, 3.8) is 0 Å². The zero-order chi connectivity index (χ0) is 13.9.